The number of rotatable bonds is 7. The first-order chi connectivity index (χ1) is 12.8. The third-order valence-corrected chi connectivity index (χ3v) is 4.15. The lowest BCUT2D eigenvalue weighted by Crippen LogP contribution is -2.26. The average molecular weight is 343 g/mol. The molecular weight excluding hydrogens is 322 g/mol. The van der Waals surface area contributed by atoms with Gasteiger partial charge in [-0.15, -0.1) is 0 Å². The van der Waals surface area contributed by atoms with E-state index < -0.39 is 6.04 Å². The summed E-state index contributed by atoms with van der Waals surface area (Å²) >= 11 is 0. The Morgan fingerprint density at radius 2 is 1.23 bits per heavy atom. The number of aliphatic imine (C=N–C) groups is 1. The van der Waals surface area contributed by atoms with Crippen LogP contribution in [0, 0.1) is 0 Å². The summed E-state index contributed by atoms with van der Waals surface area (Å²) in [5.74, 6) is -0.0944. The summed E-state index contributed by atoms with van der Waals surface area (Å²) in [6.45, 7) is -0.311. The summed E-state index contributed by atoms with van der Waals surface area (Å²) in [4.78, 5) is 17.3. The quantitative estimate of drug-likeness (QED) is 0.665. The van der Waals surface area contributed by atoms with Gasteiger partial charge in [0.15, 0.2) is 5.78 Å². The van der Waals surface area contributed by atoms with E-state index in [9.17, 15) is 9.90 Å². The SMILES string of the molecule is O=C(Cc1ccccc1)[C@H](CO)N=C(c1ccccc1)c1ccccc1. The normalized spacial score (nSPS) is 11.6. The van der Waals surface area contributed by atoms with Crippen LogP contribution < -0.4 is 0 Å². The van der Waals surface area contributed by atoms with E-state index in [-0.39, 0.29) is 18.8 Å². The van der Waals surface area contributed by atoms with Crippen LogP contribution in [0.1, 0.15) is 16.7 Å². The predicted octanol–water partition coefficient (Wildman–Crippen LogP) is 3.70. The van der Waals surface area contributed by atoms with Crippen molar-refractivity contribution in [3.63, 3.8) is 0 Å². The largest absolute Gasteiger partial charge is 0.394 e. The highest BCUT2D eigenvalue weighted by Crippen LogP contribution is 2.13. The molecule has 0 aliphatic carbocycles. The van der Waals surface area contributed by atoms with Crippen molar-refractivity contribution in [2.45, 2.75) is 12.5 Å². The van der Waals surface area contributed by atoms with Crippen LogP contribution in [0.15, 0.2) is 96.0 Å². The molecule has 0 saturated heterocycles. The molecule has 130 valence electrons. The number of ketones is 1. The zero-order valence-corrected chi connectivity index (χ0v) is 14.5. The molecule has 3 aromatic carbocycles. The smallest absolute Gasteiger partial charge is 0.164 e. The van der Waals surface area contributed by atoms with Crippen molar-refractivity contribution >= 4 is 11.5 Å². The molecule has 0 bridgehead atoms. The van der Waals surface area contributed by atoms with Crippen molar-refractivity contribution in [1.29, 1.82) is 0 Å². The Balaban J connectivity index is 1.93. The number of carbonyl (C=O) groups is 1. The molecule has 1 N–H and O–H groups in total. The van der Waals surface area contributed by atoms with Gasteiger partial charge in [-0.2, -0.15) is 0 Å². The molecule has 3 aromatic rings. The molecule has 0 unspecified atom stereocenters. The number of benzene rings is 3. The first-order valence-corrected chi connectivity index (χ1v) is 8.64. The number of aliphatic hydroxyl groups excluding tert-OH is 1. The Bertz CT molecular complexity index is 817. The summed E-state index contributed by atoms with van der Waals surface area (Å²) < 4.78 is 0. The molecule has 26 heavy (non-hydrogen) atoms. The van der Waals surface area contributed by atoms with Crippen LogP contribution in [0.3, 0.4) is 0 Å². The maximum atomic E-state index is 12.7. The van der Waals surface area contributed by atoms with Crippen molar-refractivity contribution < 1.29 is 9.90 Å². The number of nitrogens with zero attached hydrogens (tertiary/aromatic N) is 1. The molecule has 0 fully saturated rings. The minimum absolute atomic E-state index is 0.0944. The van der Waals surface area contributed by atoms with Crippen LogP contribution in [-0.4, -0.2) is 29.3 Å². The Kier molecular flexibility index (Phi) is 6.07. The van der Waals surface area contributed by atoms with Crippen LogP contribution in [0.4, 0.5) is 0 Å². The van der Waals surface area contributed by atoms with Crippen molar-refractivity contribution in [1.82, 2.24) is 0 Å². The molecule has 0 aliphatic heterocycles. The van der Waals surface area contributed by atoms with Crippen molar-refractivity contribution in [3.8, 4) is 0 Å². The fourth-order valence-electron chi connectivity index (χ4n) is 2.79. The van der Waals surface area contributed by atoms with E-state index >= 15 is 0 Å². The maximum absolute atomic E-state index is 12.7. The highest BCUT2D eigenvalue weighted by atomic mass is 16.3. The fourth-order valence-corrected chi connectivity index (χ4v) is 2.79. The van der Waals surface area contributed by atoms with Gasteiger partial charge in [0, 0.05) is 17.5 Å². The predicted molar refractivity (Wildman–Crippen MR) is 105 cm³/mol. The summed E-state index contributed by atoms with van der Waals surface area (Å²) in [6.07, 6.45) is 0.256. The van der Waals surface area contributed by atoms with Gasteiger partial charge < -0.3 is 5.11 Å². The highest BCUT2D eigenvalue weighted by Gasteiger charge is 2.19. The first kappa shape index (κ1) is 17.8. The third-order valence-electron chi connectivity index (χ3n) is 4.15. The zero-order valence-electron chi connectivity index (χ0n) is 14.5. The third kappa shape index (κ3) is 4.52. The maximum Gasteiger partial charge on any atom is 0.164 e. The van der Waals surface area contributed by atoms with Gasteiger partial charge in [-0.1, -0.05) is 91.0 Å². The Labute approximate surface area is 153 Å². The van der Waals surface area contributed by atoms with Gasteiger partial charge in [-0.05, 0) is 5.56 Å². The van der Waals surface area contributed by atoms with E-state index in [1.165, 1.54) is 0 Å². The summed E-state index contributed by atoms with van der Waals surface area (Å²) in [5, 5.41) is 9.79. The van der Waals surface area contributed by atoms with Gasteiger partial charge in [0.1, 0.15) is 6.04 Å². The Morgan fingerprint density at radius 3 is 1.69 bits per heavy atom. The van der Waals surface area contributed by atoms with Crippen LogP contribution in [-0.2, 0) is 11.2 Å². The van der Waals surface area contributed by atoms with Gasteiger partial charge in [-0.25, -0.2) is 0 Å². The van der Waals surface area contributed by atoms with Gasteiger partial charge in [0.05, 0.1) is 12.3 Å². The van der Waals surface area contributed by atoms with Gasteiger partial charge in [0.2, 0.25) is 0 Å². The summed E-state index contributed by atoms with van der Waals surface area (Å²) in [6, 6.07) is 28.2. The molecule has 0 radical (unpaired) electrons. The molecule has 0 heterocycles. The van der Waals surface area contributed by atoms with Gasteiger partial charge in [-0.3, -0.25) is 9.79 Å². The number of Topliss-reactive ketones (excluding diaryl/α,β-unsaturated/α-hetero) is 1. The minimum Gasteiger partial charge on any atom is -0.394 e. The number of hydrogen-bond donors (Lipinski definition) is 1. The minimum atomic E-state index is -0.786. The molecule has 3 heteroatoms. The second kappa shape index (κ2) is 8.88. The topological polar surface area (TPSA) is 49.7 Å². The van der Waals surface area contributed by atoms with Crippen molar-refractivity contribution in [2.75, 3.05) is 6.61 Å². The molecule has 1 atom stereocenters. The lowest BCUT2D eigenvalue weighted by Gasteiger charge is -2.13. The molecular formula is C23H21NO2. The van der Waals surface area contributed by atoms with E-state index in [1.807, 2.05) is 91.0 Å². The molecule has 3 nitrogen and oxygen atoms in total. The molecule has 0 amide bonds. The van der Waals surface area contributed by atoms with Gasteiger partial charge >= 0.3 is 0 Å². The van der Waals surface area contributed by atoms with E-state index in [4.69, 9.17) is 0 Å². The summed E-state index contributed by atoms with van der Waals surface area (Å²) in [7, 11) is 0. The number of hydrogen-bond acceptors (Lipinski definition) is 3. The summed E-state index contributed by atoms with van der Waals surface area (Å²) in [5.41, 5.74) is 3.48. The van der Waals surface area contributed by atoms with E-state index in [0.29, 0.717) is 5.71 Å². The molecule has 0 spiro atoms. The number of aliphatic hydroxyl groups is 1. The Morgan fingerprint density at radius 1 is 0.769 bits per heavy atom. The monoisotopic (exact) mass is 343 g/mol. The lowest BCUT2D eigenvalue weighted by molar-refractivity contribution is -0.120. The van der Waals surface area contributed by atoms with E-state index in [0.717, 1.165) is 16.7 Å². The molecule has 0 aromatic heterocycles. The van der Waals surface area contributed by atoms with Crippen LogP contribution >= 0.6 is 0 Å². The molecule has 3 rings (SSSR count). The number of carbonyl (C=O) groups excluding carboxylic acids is 1. The van der Waals surface area contributed by atoms with Crippen LogP contribution in [0.25, 0.3) is 0 Å². The van der Waals surface area contributed by atoms with Crippen molar-refractivity contribution in [3.05, 3.63) is 108 Å². The van der Waals surface area contributed by atoms with E-state index in [2.05, 4.69) is 4.99 Å². The van der Waals surface area contributed by atoms with Crippen molar-refractivity contribution in [2.24, 2.45) is 4.99 Å². The average Bonchev–Trinajstić information content (AvgIpc) is 2.71. The zero-order chi connectivity index (χ0) is 18.2. The highest BCUT2D eigenvalue weighted by molar-refractivity contribution is 6.13. The van der Waals surface area contributed by atoms with Crippen LogP contribution in [0.2, 0.25) is 0 Å². The lowest BCUT2D eigenvalue weighted by atomic mass is 10.0. The molecule has 0 saturated carbocycles. The second-order valence-corrected chi connectivity index (χ2v) is 6.04. The Hall–Kier alpha value is -3.04. The van der Waals surface area contributed by atoms with E-state index in [1.54, 1.807) is 0 Å². The fraction of sp³-hybridized carbons (Fsp3) is 0.130. The van der Waals surface area contributed by atoms with Crippen LogP contribution in [0.5, 0.6) is 0 Å². The van der Waals surface area contributed by atoms with Gasteiger partial charge in [0.25, 0.3) is 0 Å². The standard InChI is InChI=1S/C23H21NO2/c25-17-21(22(26)16-18-10-4-1-5-11-18)24-23(19-12-6-2-7-13-19)20-14-8-3-9-15-20/h1-15,21,25H,16-17H2/t21-/m0/s1. The molecule has 0 aliphatic rings. The second-order valence-electron chi connectivity index (χ2n) is 6.04. The first-order valence-electron chi connectivity index (χ1n) is 8.64.